The largest absolute Gasteiger partial charge is 0.462 e. The zero-order valence-electron chi connectivity index (χ0n) is 9.95. The van der Waals surface area contributed by atoms with Crippen LogP contribution in [0.4, 0.5) is 0 Å². The van der Waals surface area contributed by atoms with Gasteiger partial charge in [0.15, 0.2) is 3.95 Å². The summed E-state index contributed by atoms with van der Waals surface area (Å²) < 4.78 is 6.20. The molecule has 94 valence electrons. The fourth-order valence-electron chi connectivity index (χ4n) is 2.15. The van der Waals surface area contributed by atoms with E-state index in [9.17, 15) is 4.79 Å². The van der Waals surface area contributed by atoms with Crippen LogP contribution < -0.4 is 0 Å². The molecule has 0 amide bonds. The summed E-state index contributed by atoms with van der Waals surface area (Å²) in [4.78, 5) is 15.8. The Morgan fingerprint density at radius 2 is 2.18 bits per heavy atom. The van der Waals surface area contributed by atoms with Crippen molar-refractivity contribution in [3.63, 3.8) is 0 Å². The van der Waals surface area contributed by atoms with Crippen molar-refractivity contribution < 1.29 is 9.53 Å². The Morgan fingerprint density at radius 1 is 1.47 bits per heavy atom. The van der Waals surface area contributed by atoms with Crippen molar-refractivity contribution in [1.82, 2.24) is 4.98 Å². The van der Waals surface area contributed by atoms with Crippen molar-refractivity contribution in [3.05, 3.63) is 14.5 Å². The van der Waals surface area contributed by atoms with Gasteiger partial charge in [-0.2, -0.15) is 0 Å². The number of rotatable bonds is 3. The number of hydrogen-bond acceptors (Lipinski definition) is 4. The van der Waals surface area contributed by atoms with Crippen LogP contribution in [0.3, 0.4) is 0 Å². The second-order valence-corrected chi connectivity index (χ2v) is 6.26. The molecule has 17 heavy (non-hydrogen) atoms. The van der Waals surface area contributed by atoms with Gasteiger partial charge in [-0.3, -0.25) is 4.79 Å². The molecular formula is C12H17NO2S2. The van der Waals surface area contributed by atoms with E-state index in [1.54, 1.807) is 0 Å². The minimum Gasteiger partial charge on any atom is -0.462 e. The van der Waals surface area contributed by atoms with Gasteiger partial charge in [0.05, 0.1) is 6.42 Å². The number of aromatic nitrogens is 1. The molecule has 5 heteroatoms. The number of aromatic amines is 1. The van der Waals surface area contributed by atoms with Gasteiger partial charge in [0, 0.05) is 10.6 Å². The summed E-state index contributed by atoms with van der Waals surface area (Å²) in [5, 5.41) is 0. The Balaban J connectivity index is 1.88. The molecule has 1 heterocycles. The summed E-state index contributed by atoms with van der Waals surface area (Å²) in [6, 6.07) is 0. The summed E-state index contributed by atoms with van der Waals surface area (Å²) in [5.41, 5.74) is 0.987. The highest BCUT2D eigenvalue weighted by molar-refractivity contribution is 7.73. The molecule has 1 N–H and O–H groups in total. The van der Waals surface area contributed by atoms with Gasteiger partial charge in [-0.15, -0.1) is 11.3 Å². The number of carbonyl (C=O) groups excluding carboxylic acids is 1. The van der Waals surface area contributed by atoms with Crippen molar-refractivity contribution in [2.24, 2.45) is 0 Å². The van der Waals surface area contributed by atoms with Crippen LogP contribution in [-0.4, -0.2) is 17.1 Å². The first-order valence-corrected chi connectivity index (χ1v) is 7.25. The Bertz CT molecular complexity index is 444. The molecule has 0 unspecified atom stereocenters. The number of H-pyrrole nitrogens is 1. The normalized spacial score (nSPS) is 17.0. The third kappa shape index (κ3) is 3.64. The number of aryl methyl sites for hydroxylation is 1. The monoisotopic (exact) mass is 271 g/mol. The van der Waals surface area contributed by atoms with E-state index in [1.807, 2.05) is 6.92 Å². The first kappa shape index (κ1) is 12.8. The number of carbonyl (C=O) groups is 1. The molecule has 0 spiro atoms. The highest BCUT2D eigenvalue weighted by Gasteiger charge is 2.18. The molecule has 1 aromatic rings. The van der Waals surface area contributed by atoms with Crippen molar-refractivity contribution in [1.29, 1.82) is 0 Å². The Hall–Kier alpha value is -0.680. The summed E-state index contributed by atoms with van der Waals surface area (Å²) in [6.45, 7) is 1.94. The summed E-state index contributed by atoms with van der Waals surface area (Å²) in [6.07, 6.45) is 6.16. The molecule has 0 radical (unpaired) electrons. The fourth-order valence-corrected chi connectivity index (χ4v) is 3.42. The standard InChI is InChI=1S/C12H17NO2S2/c1-8-10(17-12(16)13-8)7-11(14)15-9-5-3-2-4-6-9/h9H,2-7H2,1H3,(H,13,16). The predicted octanol–water partition coefficient (Wildman–Crippen LogP) is 3.53. The van der Waals surface area contributed by atoms with Gasteiger partial charge in [0.1, 0.15) is 6.10 Å². The molecule has 1 fully saturated rings. The zero-order chi connectivity index (χ0) is 12.3. The highest BCUT2D eigenvalue weighted by Crippen LogP contribution is 2.22. The van der Waals surface area contributed by atoms with Gasteiger partial charge in [0.25, 0.3) is 0 Å². The molecule has 3 nitrogen and oxygen atoms in total. The number of ether oxygens (including phenoxy) is 1. The molecule has 1 aromatic heterocycles. The molecular weight excluding hydrogens is 254 g/mol. The van der Waals surface area contributed by atoms with E-state index in [0.29, 0.717) is 6.42 Å². The van der Waals surface area contributed by atoms with Gasteiger partial charge < -0.3 is 9.72 Å². The third-order valence-electron chi connectivity index (χ3n) is 3.08. The summed E-state index contributed by atoms with van der Waals surface area (Å²) in [7, 11) is 0. The fraction of sp³-hybridized carbons (Fsp3) is 0.667. The number of thiazole rings is 1. The summed E-state index contributed by atoms with van der Waals surface area (Å²) >= 11 is 6.51. The lowest BCUT2D eigenvalue weighted by Crippen LogP contribution is -2.21. The SMILES string of the molecule is Cc1[nH]c(=S)sc1CC(=O)OC1CCCCC1. The van der Waals surface area contributed by atoms with E-state index in [1.165, 1.54) is 30.6 Å². The lowest BCUT2D eigenvalue weighted by atomic mass is 9.98. The van der Waals surface area contributed by atoms with Crippen molar-refractivity contribution >= 4 is 29.5 Å². The van der Waals surface area contributed by atoms with Crippen LogP contribution in [0.1, 0.15) is 42.7 Å². The van der Waals surface area contributed by atoms with Crippen LogP contribution in [0.15, 0.2) is 0 Å². The quantitative estimate of drug-likeness (QED) is 0.675. The summed E-state index contributed by atoms with van der Waals surface area (Å²) in [5.74, 6) is -0.120. The topological polar surface area (TPSA) is 42.1 Å². The minimum atomic E-state index is -0.120. The van der Waals surface area contributed by atoms with E-state index in [4.69, 9.17) is 17.0 Å². The number of esters is 1. The van der Waals surface area contributed by atoms with Gasteiger partial charge in [-0.25, -0.2) is 0 Å². The van der Waals surface area contributed by atoms with E-state index in [2.05, 4.69) is 4.98 Å². The van der Waals surface area contributed by atoms with Crippen LogP contribution in [0.5, 0.6) is 0 Å². The maximum atomic E-state index is 11.8. The Kier molecular flexibility index (Phi) is 4.34. The smallest absolute Gasteiger partial charge is 0.311 e. The number of nitrogens with one attached hydrogen (secondary N) is 1. The molecule has 1 aliphatic carbocycles. The van der Waals surface area contributed by atoms with Crippen LogP contribution in [0.25, 0.3) is 0 Å². The van der Waals surface area contributed by atoms with Crippen LogP contribution >= 0.6 is 23.6 Å². The van der Waals surface area contributed by atoms with E-state index >= 15 is 0 Å². The minimum absolute atomic E-state index is 0.120. The highest BCUT2D eigenvalue weighted by atomic mass is 32.1. The first-order chi connectivity index (χ1) is 8.15. The van der Waals surface area contributed by atoms with Gasteiger partial charge in [-0.05, 0) is 44.8 Å². The second kappa shape index (κ2) is 5.78. The average Bonchev–Trinajstić information content (AvgIpc) is 2.58. The maximum absolute atomic E-state index is 11.8. The lowest BCUT2D eigenvalue weighted by Gasteiger charge is -2.21. The molecule has 1 saturated carbocycles. The van der Waals surface area contributed by atoms with E-state index < -0.39 is 0 Å². The lowest BCUT2D eigenvalue weighted by molar-refractivity contribution is -0.149. The Morgan fingerprint density at radius 3 is 2.76 bits per heavy atom. The first-order valence-electron chi connectivity index (χ1n) is 6.03. The number of hydrogen-bond donors (Lipinski definition) is 1. The molecule has 0 aliphatic heterocycles. The second-order valence-electron chi connectivity index (χ2n) is 4.49. The molecule has 2 rings (SSSR count). The van der Waals surface area contributed by atoms with Crippen molar-refractivity contribution in [3.8, 4) is 0 Å². The van der Waals surface area contributed by atoms with Gasteiger partial charge in [0.2, 0.25) is 0 Å². The Labute approximate surface area is 110 Å². The van der Waals surface area contributed by atoms with Crippen molar-refractivity contribution in [2.75, 3.05) is 0 Å². The van der Waals surface area contributed by atoms with Gasteiger partial charge in [-0.1, -0.05) is 6.42 Å². The van der Waals surface area contributed by atoms with Crippen LogP contribution in [0.2, 0.25) is 0 Å². The average molecular weight is 271 g/mol. The van der Waals surface area contributed by atoms with Gasteiger partial charge >= 0.3 is 5.97 Å². The molecule has 0 saturated heterocycles. The molecule has 0 bridgehead atoms. The molecule has 0 aromatic carbocycles. The van der Waals surface area contributed by atoms with Crippen LogP contribution in [0, 0.1) is 10.9 Å². The third-order valence-corrected chi connectivity index (χ3v) is 4.42. The maximum Gasteiger partial charge on any atom is 0.311 e. The van der Waals surface area contributed by atoms with Crippen molar-refractivity contribution in [2.45, 2.75) is 51.6 Å². The van der Waals surface area contributed by atoms with E-state index in [0.717, 1.165) is 27.4 Å². The predicted molar refractivity (Wildman–Crippen MR) is 70.9 cm³/mol. The molecule has 1 aliphatic rings. The molecule has 0 atom stereocenters. The van der Waals surface area contributed by atoms with E-state index in [-0.39, 0.29) is 12.1 Å². The zero-order valence-corrected chi connectivity index (χ0v) is 11.6. The van der Waals surface area contributed by atoms with Crippen LogP contribution in [-0.2, 0) is 16.0 Å².